The van der Waals surface area contributed by atoms with Gasteiger partial charge < -0.3 is 15.5 Å². The number of rotatable bonds is 4. The van der Waals surface area contributed by atoms with Gasteiger partial charge in [0, 0.05) is 23.7 Å². The molecule has 3 aromatic rings. The van der Waals surface area contributed by atoms with Crippen molar-refractivity contribution in [1.29, 1.82) is 0 Å². The van der Waals surface area contributed by atoms with Crippen LogP contribution in [-0.4, -0.2) is 4.98 Å². The minimum atomic E-state index is 0.538. The molecule has 0 aliphatic carbocycles. The van der Waals surface area contributed by atoms with E-state index in [-0.39, 0.29) is 0 Å². The van der Waals surface area contributed by atoms with Crippen molar-refractivity contribution in [3.8, 4) is 5.75 Å². The predicted molar refractivity (Wildman–Crippen MR) is 81.7 cm³/mol. The number of hydrogen-bond acceptors (Lipinski definition) is 2. The summed E-state index contributed by atoms with van der Waals surface area (Å²) in [5.74, 6) is 0.898. The molecule has 0 saturated carbocycles. The molecule has 3 rings (SSSR count). The fraction of sp³-hybridized carbons (Fsp3) is 0.176. The molecule has 0 aliphatic rings. The van der Waals surface area contributed by atoms with Gasteiger partial charge in [0.25, 0.3) is 0 Å². The zero-order chi connectivity index (χ0) is 13.9. The van der Waals surface area contributed by atoms with Gasteiger partial charge in [-0.1, -0.05) is 30.3 Å². The zero-order valence-corrected chi connectivity index (χ0v) is 11.5. The Morgan fingerprint density at radius 3 is 2.75 bits per heavy atom. The number of aromatic nitrogens is 1. The first-order valence-corrected chi connectivity index (χ1v) is 6.75. The minimum Gasteiger partial charge on any atom is -0.489 e. The molecule has 3 N–H and O–H groups in total. The van der Waals surface area contributed by atoms with E-state index >= 15 is 0 Å². The van der Waals surface area contributed by atoms with E-state index in [2.05, 4.69) is 24.0 Å². The van der Waals surface area contributed by atoms with Crippen molar-refractivity contribution in [2.24, 2.45) is 5.73 Å². The molecule has 0 saturated heterocycles. The first-order valence-electron chi connectivity index (χ1n) is 6.75. The number of benzene rings is 2. The fourth-order valence-electron chi connectivity index (χ4n) is 2.43. The summed E-state index contributed by atoms with van der Waals surface area (Å²) in [5, 5.41) is 1.18. The van der Waals surface area contributed by atoms with E-state index in [1.807, 2.05) is 36.5 Å². The number of aryl methyl sites for hydroxylation is 1. The van der Waals surface area contributed by atoms with E-state index in [0.717, 1.165) is 22.4 Å². The maximum absolute atomic E-state index is 5.86. The second-order valence-corrected chi connectivity index (χ2v) is 4.96. The van der Waals surface area contributed by atoms with Crippen LogP contribution in [0.2, 0.25) is 0 Å². The second kappa shape index (κ2) is 5.39. The Morgan fingerprint density at radius 1 is 1.10 bits per heavy atom. The Balaban J connectivity index is 1.85. The topological polar surface area (TPSA) is 51.0 Å². The van der Waals surface area contributed by atoms with Crippen LogP contribution in [0.5, 0.6) is 5.75 Å². The molecule has 102 valence electrons. The number of fused-ring (bicyclic) bond motifs is 1. The Bertz CT molecular complexity index is 731. The second-order valence-electron chi connectivity index (χ2n) is 4.96. The van der Waals surface area contributed by atoms with E-state index in [1.54, 1.807) is 0 Å². The number of ether oxygens (including phenoxy) is 1. The number of hydrogen-bond donors (Lipinski definition) is 2. The molecular weight excluding hydrogens is 248 g/mol. The highest BCUT2D eigenvalue weighted by Crippen LogP contribution is 2.23. The highest BCUT2D eigenvalue weighted by Gasteiger charge is 2.07. The third kappa shape index (κ3) is 2.40. The molecule has 2 aromatic carbocycles. The van der Waals surface area contributed by atoms with Gasteiger partial charge in [-0.15, -0.1) is 0 Å². The smallest absolute Gasteiger partial charge is 0.120 e. The van der Waals surface area contributed by atoms with Gasteiger partial charge in [0.2, 0.25) is 0 Å². The van der Waals surface area contributed by atoms with Crippen LogP contribution in [0.25, 0.3) is 10.9 Å². The molecule has 0 atom stereocenters. The van der Waals surface area contributed by atoms with Crippen LogP contribution in [0.1, 0.15) is 16.7 Å². The van der Waals surface area contributed by atoms with Crippen molar-refractivity contribution in [3.05, 3.63) is 65.4 Å². The third-order valence-corrected chi connectivity index (χ3v) is 3.49. The summed E-state index contributed by atoms with van der Waals surface area (Å²) in [6.45, 7) is 3.15. The van der Waals surface area contributed by atoms with E-state index in [9.17, 15) is 0 Å². The van der Waals surface area contributed by atoms with Crippen molar-refractivity contribution >= 4 is 10.9 Å². The molecule has 3 heteroatoms. The average molecular weight is 266 g/mol. The number of H-pyrrole nitrogens is 1. The quantitative estimate of drug-likeness (QED) is 0.759. The molecule has 1 heterocycles. The lowest BCUT2D eigenvalue weighted by molar-refractivity contribution is 0.307. The zero-order valence-electron chi connectivity index (χ0n) is 11.5. The Hall–Kier alpha value is -2.26. The monoisotopic (exact) mass is 266 g/mol. The molecule has 20 heavy (non-hydrogen) atoms. The fourth-order valence-corrected chi connectivity index (χ4v) is 2.43. The summed E-state index contributed by atoms with van der Waals surface area (Å²) >= 11 is 0. The van der Waals surface area contributed by atoms with E-state index < -0.39 is 0 Å². The van der Waals surface area contributed by atoms with Crippen molar-refractivity contribution < 1.29 is 4.74 Å². The summed E-state index contributed by atoms with van der Waals surface area (Å²) in [7, 11) is 0. The SMILES string of the molecule is Cc1cccc(OCc2c[nH]c3c(CN)cccc23)c1. The van der Waals surface area contributed by atoms with Crippen LogP contribution in [0.3, 0.4) is 0 Å². The largest absolute Gasteiger partial charge is 0.489 e. The highest BCUT2D eigenvalue weighted by atomic mass is 16.5. The van der Waals surface area contributed by atoms with Gasteiger partial charge in [-0.2, -0.15) is 0 Å². The van der Waals surface area contributed by atoms with Crippen LogP contribution < -0.4 is 10.5 Å². The van der Waals surface area contributed by atoms with Crippen molar-refractivity contribution in [1.82, 2.24) is 4.98 Å². The predicted octanol–water partition coefficient (Wildman–Crippen LogP) is 3.51. The summed E-state index contributed by atoms with van der Waals surface area (Å²) < 4.78 is 5.86. The van der Waals surface area contributed by atoms with Crippen molar-refractivity contribution in [2.45, 2.75) is 20.1 Å². The molecule has 0 amide bonds. The van der Waals surface area contributed by atoms with Gasteiger partial charge in [0.1, 0.15) is 12.4 Å². The number of nitrogens with two attached hydrogens (primary N) is 1. The van der Waals surface area contributed by atoms with Crippen LogP contribution in [0.4, 0.5) is 0 Å². The lowest BCUT2D eigenvalue weighted by Gasteiger charge is -2.06. The normalized spacial score (nSPS) is 10.9. The van der Waals surface area contributed by atoms with E-state index in [1.165, 1.54) is 10.9 Å². The molecule has 0 spiro atoms. The van der Waals surface area contributed by atoms with Gasteiger partial charge in [0.05, 0.1) is 5.52 Å². The Labute approximate surface area is 118 Å². The Kier molecular flexibility index (Phi) is 3.44. The Morgan fingerprint density at radius 2 is 1.95 bits per heavy atom. The molecule has 0 aliphatic heterocycles. The van der Waals surface area contributed by atoms with Gasteiger partial charge >= 0.3 is 0 Å². The van der Waals surface area contributed by atoms with Crippen LogP contribution in [-0.2, 0) is 13.2 Å². The van der Waals surface area contributed by atoms with Crippen LogP contribution >= 0.6 is 0 Å². The minimum absolute atomic E-state index is 0.538. The molecule has 1 aromatic heterocycles. The van der Waals surface area contributed by atoms with Crippen LogP contribution in [0.15, 0.2) is 48.7 Å². The molecule has 0 bridgehead atoms. The van der Waals surface area contributed by atoms with Crippen LogP contribution in [0, 0.1) is 6.92 Å². The van der Waals surface area contributed by atoms with E-state index in [4.69, 9.17) is 10.5 Å². The maximum atomic E-state index is 5.86. The first-order chi connectivity index (χ1) is 9.78. The van der Waals surface area contributed by atoms with Gasteiger partial charge in [0.15, 0.2) is 0 Å². The maximum Gasteiger partial charge on any atom is 0.120 e. The summed E-state index contributed by atoms with van der Waals surface area (Å²) in [6, 6.07) is 14.3. The van der Waals surface area contributed by atoms with Gasteiger partial charge in [-0.3, -0.25) is 0 Å². The standard InChI is InChI=1S/C17H18N2O/c1-12-4-2-6-15(8-12)20-11-14-10-19-17-13(9-18)5-3-7-16(14)17/h2-8,10,19H,9,11,18H2,1H3. The molecular formula is C17H18N2O. The molecule has 0 fully saturated rings. The lowest BCUT2D eigenvalue weighted by atomic mass is 10.1. The van der Waals surface area contributed by atoms with Gasteiger partial charge in [-0.05, 0) is 30.2 Å². The van der Waals surface area contributed by atoms with Crippen molar-refractivity contribution in [2.75, 3.05) is 0 Å². The van der Waals surface area contributed by atoms with Crippen molar-refractivity contribution in [3.63, 3.8) is 0 Å². The van der Waals surface area contributed by atoms with E-state index in [0.29, 0.717) is 13.2 Å². The third-order valence-electron chi connectivity index (χ3n) is 3.49. The lowest BCUT2D eigenvalue weighted by Crippen LogP contribution is -1.97. The molecule has 0 unspecified atom stereocenters. The summed E-state index contributed by atoms with van der Waals surface area (Å²) in [6.07, 6.45) is 2.00. The van der Waals surface area contributed by atoms with Gasteiger partial charge in [-0.25, -0.2) is 0 Å². The summed E-state index contributed by atoms with van der Waals surface area (Å²) in [4.78, 5) is 3.30. The first kappa shape index (κ1) is 12.8. The average Bonchev–Trinajstić information content (AvgIpc) is 2.88. The number of nitrogens with one attached hydrogen (secondary N) is 1. The number of para-hydroxylation sites is 1. The molecule has 0 radical (unpaired) electrons. The highest BCUT2D eigenvalue weighted by molar-refractivity contribution is 5.85. The summed E-state index contributed by atoms with van der Waals surface area (Å²) in [5.41, 5.74) is 10.3. The molecule has 3 nitrogen and oxygen atoms in total. The number of aromatic amines is 1.